The molecule has 2 heterocycles. The number of aromatic nitrogens is 1. The molecular weight excluding hydrogens is 248 g/mol. The second-order valence-electron chi connectivity index (χ2n) is 3.71. The van der Waals surface area contributed by atoms with Gasteiger partial charge in [-0.25, -0.2) is 4.98 Å². The summed E-state index contributed by atoms with van der Waals surface area (Å²) in [5.74, 6) is 5.05. The lowest BCUT2D eigenvalue weighted by atomic mass is 10.2. The molecule has 4 N–H and O–H groups in total. The number of hydrazine groups is 1. The number of carbonyl (C=O) groups is 1. The molecule has 0 saturated carbocycles. The minimum absolute atomic E-state index is 0.172. The van der Waals surface area contributed by atoms with E-state index in [0.29, 0.717) is 17.9 Å². The topological polar surface area (TPSA) is 80.0 Å². The molecule has 0 saturated heterocycles. The van der Waals surface area contributed by atoms with Crippen molar-refractivity contribution in [2.24, 2.45) is 5.84 Å². The quantitative estimate of drug-likeness (QED) is 0.562. The zero-order valence-electron chi connectivity index (χ0n) is 9.72. The van der Waals surface area contributed by atoms with Crippen molar-refractivity contribution in [3.05, 3.63) is 46.4 Å². The lowest BCUT2D eigenvalue weighted by Gasteiger charge is -2.04. The number of amides is 1. The first-order valence-electron chi connectivity index (χ1n) is 5.51. The number of thiophene rings is 1. The Hall–Kier alpha value is -1.92. The molecule has 94 valence electrons. The van der Waals surface area contributed by atoms with E-state index in [0.717, 1.165) is 6.42 Å². The van der Waals surface area contributed by atoms with Crippen molar-refractivity contribution in [2.75, 3.05) is 12.0 Å². The third-order valence-electron chi connectivity index (χ3n) is 2.44. The van der Waals surface area contributed by atoms with Crippen molar-refractivity contribution in [2.45, 2.75) is 6.42 Å². The van der Waals surface area contributed by atoms with Gasteiger partial charge in [-0.3, -0.25) is 10.6 Å². The average Bonchev–Trinajstić information content (AvgIpc) is 2.92. The van der Waals surface area contributed by atoms with E-state index in [1.54, 1.807) is 23.5 Å². The van der Waals surface area contributed by atoms with Crippen LogP contribution in [0.5, 0.6) is 0 Å². The summed E-state index contributed by atoms with van der Waals surface area (Å²) in [5.41, 5.74) is 4.75. The van der Waals surface area contributed by atoms with Crippen LogP contribution in [0.1, 0.15) is 16.1 Å². The molecule has 0 unspecified atom stereocenters. The zero-order chi connectivity index (χ0) is 12.8. The Kier molecular flexibility index (Phi) is 4.27. The van der Waals surface area contributed by atoms with E-state index in [2.05, 4.69) is 27.2 Å². The highest BCUT2D eigenvalue weighted by Gasteiger charge is 2.06. The van der Waals surface area contributed by atoms with Gasteiger partial charge in [0.25, 0.3) is 5.91 Å². The van der Waals surface area contributed by atoms with Crippen LogP contribution in [0.4, 0.5) is 5.69 Å². The van der Waals surface area contributed by atoms with Gasteiger partial charge in [0.05, 0.1) is 11.9 Å². The van der Waals surface area contributed by atoms with E-state index >= 15 is 0 Å². The minimum atomic E-state index is -0.172. The fourth-order valence-corrected chi connectivity index (χ4v) is 2.16. The summed E-state index contributed by atoms with van der Waals surface area (Å²) in [4.78, 5) is 15.8. The zero-order valence-corrected chi connectivity index (χ0v) is 10.5. The molecule has 2 rings (SSSR count). The molecule has 0 aliphatic heterocycles. The second kappa shape index (κ2) is 6.13. The first kappa shape index (κ1) is 12.5. The summed E-state index contributed by atoms with van der Waals surface area (Å²) in [6.07, 6.45) is 2.35. The van der Waals surface area contributed by atoms with Crippen molar-refractivity contribution < 1.29 is 4.79 Å². The standard InChI is InChI=1S/C12H14N4OS/c13-16-10-1-2-11(15-7-10)12(17)14-5-3-9-4-6-18-8-9/h1-2,4,6-8,16H,3,5,13H2,(H,14,17). The first-order valence-corrected chi connectivity index (χ1v) is 6.46. The number of hydrogen-bond donors (Lipinski definition) is 3. The monoisotopic (exact) mass is 262 g/mol. The Morgan fingerprint density at radius 1 is 1.39 bits per heavy atom. The smallest absolute Gasteiger partial charge is 0.269 e. The van der Waals surface area contributed by atoms with Gasteiger partial charge < -0.3 is 10.7 Å². The SMILES string of the molecule is NNc1ccc(C(=O)NCCc2ccsc2)nc1. The third kappa shape index (κ3) is 3.28. The summed E-state index contributed by atoms with van der Waals surface area (Å²) < 4.78 is 0. The fourth-order valence-electron chi connectivity index (χ4n) is 1.46. The Balaban J connectivity index is 1.83. The number of rotatable bonds is 5. The Morgan fingerprint density at radius 2 is 2.28 bits per heavy atom. The number of nitrogens with zero attached hydrogens (tertiary/aromatic N) is 1. The maximum absolute atomic E-state index is 11.8. The molecule has 0 atom stereocenters. The van der Waals surface area contributed by atoms with Crippen molar-refractivity contribution in [1.29, 1.82) is 0 Å². The molecule has 6 heteroatoms. The third-order valence-corrected chi connectivity index (χ3v) is 3.17. The molecule has 0 aliphatic carbocycles. The maximum Gasteiger partial charge on any atom is 0.269 e. The molecule has 1 amide bonds. The lowest BCUT2D eigenvalue weighted by Crippen LogP contribution is -2.26. The van der Waals surface area contributed by atoms with Crippen LogP contribution < -0.4 is 16.6 Å². The first-order chi connectivity index (χ1) is 8.79. The van der Waals surface area contributed by atoms with E-state index in [9.17, 15) is 4.79 Å². The summed E-state index contributed by atoms with van der Waals surface area (Å²) >= 11 is 1.66. The van der Waals surface area contributed by atoms with Crippen LogP contribution in [0.25, 0.3) is 0 Å². The molecule has 0 aliphatic rings. The number of pyridine rings is 1. The van der Waals surface area contributed by atoms with Gasteiger partial charge in [-0.2, -0.15) is 11.3 Å². The summed E-state index contributed by atoms with van der Waals surface area (Å²) in [6, 6.07) is 5.40. The number of anilines is 1. The van der Waals surface area contributed by atoms with Crippen LogP contribution in [0.3, 0.4) is 0 Å². The van der Waals surface area contributed by atoms with Gasteiger partial charge in [-0.05, 0) is 40.9 Å². The molecule has 0 spiro atoms. The molecule has 2 aromatic rings. The highest BCUT2D eigenvalue weighted by Crippen LogP contribution is 2.06. The predicted molar refractivity (Wildman–Crippen MR) is 72.4 cm³/mol. The van der Waals surface area contributed by atoms with Crippen molar-refractivity contribution in [3.8, 4) is 0 Å². The number of nitrogens with two attached hydrogens (primary N) is 1. The molecule has 0 aromatic carbocycles. The van der Waals surface area contributed by atoms with E-state index < -0.39 is 0 Å². The average molecular weight is 262 g/mol. The molecule has 5 nitrogen and oxygen atoms in total. The molecule has 2 aromatic heterocycles. The predicted octanol–water partition coefficient (Wildman–Crippen LogP) is 1.40. The van der Waals surface area contributed by atoms with Crippen LogP contribution in [-0.4, -0.2) is 17.4 Å². The maximum atomic E-state index is 11.8. The molecule has 18 heavy (non-hydrogen) atoms. The highest BCUT2D eigenvalue weighted by atomic mass is 32.1. The lowest BCUT2D eigenvalue weighted by molar-refractivity contribution is 0.0949. The van der Waals surface area contributed by atoms with E-state index in [4.69, 9.17) is 5.84 Å². The van der Waals surface area contributed by atoms with Gasteiger partial charge >= 0.3 is 0 Å². The van der Waals surface area contributed by atoms with Crippen LogP contribution in [0.15, 0.2) is 35.2 Å². The Bertz CT molecular complexity index is 495. The normalized spacial score (nSPS) is 10.1. The van der Waals surface area contributed by atoms with Crippen molar-refractivity contribution >= 4 is 22.9 Å². The Morgan fingerprint density at radius 3 is 2.89 bits per heavy atom. The van der Waals surface area contributed by atoms with E-state index in [-0.39, 0.29) is 5.91 Å². The van der Waals surface area contributed by atoms with Gasteiger partial charge in [0.2, 0.25) is 0 Å². The second-order valence-corrected chi connectivity index (χ2v) is 4.49. The number of nitrogen functional groups attached to an aromatic ring is 1. The number of nitrogens with one attached hydrogen (secondary N) is 2. The summed E-state index contributed by atoms with van der Waals surface area (Å²) in [6.45, 7) is 0.605. The molecule has 0 bridgehead atoms. The largest absolute Gasteiger partial charge is 0.350 e. The number of hydrogen-bond acceptors (Lipinski definition) is 5. The summed E-state index contributed by atoms with van der Waals surface area (Å²) in [7, 11) is 0. The van der Waals surface area contributed by atoms with Crippen LogP contribution in [0.2, 0.25) is 0 Å². The molecular formula is C12H14N4OS. The van der Waals surface area contributed by atoms with Gasteiger partial charge in [-0.1, -0.05) is 0 Å². The molecule has 0 radical (unpaired) electrons. The summed E-state index contributed by atoms with van der Waals surface area (Å²) in [5, 5.41) is 6.93. The minimum Gasteiger partial charge on any atom is -0.350 e. The van der Waals surface area contributed by atoms with E-state index in [1.165, 1.54) is 11.8 Å². The highest BCUT2D eigenvalue weighted by molar-refractivity contribution is 7.07. The van der Waals surface area contributed by atoms with Gasteiger partial charge in [0.1, 0.15) is 5.69 Å². The van der Waals surface area contributed by atoms with Crippen LogP contribution in [0, 0.1) is 0 Å². The molecule has 0 fully saturated rings. The van der Waals surface area contributed by atoms with Gasteiger partial charge in [0, 0.05) is 6.54 Å². The number of carbonyl (C=O) groups excluding carboxylic acids is 1. The Labute approximate surface area is 109 Å². The van der Waals surface area contributed by atoms with Gasteiger partial charge in [-0.15, -0.1) is 0 Å². The van der Waals surface area contributed by atoms with Gasteiger partial charge in [0.15, 0.2) is 0 Å². The van der Waals surface area contributed by atoms with E-state index in [1.807, 2.05) is 5.38 Å². The van der Waals surface area contributed by atoms with Crippen LogP contribution >= 0.6 is 11.3 Å². The fraction of sp³-hybridized carbons (Fsp3) is 0.167. The van der Waals surface area contributed by atoms with Crippen molar-refractivity contribution in [3.63, 3.8) is 0 Å². The van der Waals surface area contributed by atoms with Crippen LogP contribution in [-0.2, 0) is 6.42 Å². The van der Waals surface area contributed by atoms with Crippen molar-refractivity contribution in [1.82, 2.24) is 10.3 Å².